The van der Waals surface area contributed by atoms with Crippen molar-refractivity contribution in [1.82, 2.24) is 4.90 Å². The first-order chi connectivity index (χ1) is 11.4. The van der Waals surface area contributed by atoms with E-state index in [0.717, 1.165) is 49.2 Å². The number of rotatable bonds is 5. The van der Waals surface area contributed by atoms with E-state index in [2.05, 4.69) is 10.2 Å². The first-order valence-corrected chi connectivity index (χ1v) is 8.55. The van der Waals surface area contributed by atoms with Gasteiger partial charge in [-0.15, -0.1) is 0 Å². The van der Waals surface area contributed by atoms with E-state index >= 15 is 0 Å². The summed E-state index contributed by atoms with van der Waals surface area (Å²) >= 11 is 0. The minimum Gasteiger partial charge on any atom is -0.410 e. The average Bonchev–Trinajstić information content (AvgIpc) is 2.52. The highest BCUT2D eigenvalue weighted by Gasteiger charge is 2.26. The second kappa shape index (κ2) is 8.15. The molecule has 1 atom stereocenters. The van der Waals surface area contributed by atoms with E-state index in [1.54, 1.807) is 12.1 Å². The molecule has 0 aliphatic carbocycles. The summed E-state index contributed by atoms with van der Waals surface area (Å²) in [5, 5.41) is 3.06. The summed E-state index contributed by atoms with van der Waals surface area (Å²) < 4.78 is 4.92. The highest BCUT2D eigenvalue weighted by Crippen LogP contribution is 2.27. The molecule has 1 aliphatic heterocycles. The molecule has 6 heteroatoms. The van der Waals surface area contributed by atoms with Gasteiger partial charge in [-0.05, 0) is 69.5 Å². The zero-order chi connectivity index (χ0) is 17.7. The van der Waals surface area contributed by atoms with Crippen molar-refractivity contribution in [1.29, 1.82) is 0 Å². The van der Waals surface area contributed by atoms with Gasteiger partial charge in [-0.25, -0.2) is 4.79 Å². The van der Waals surface area contributed by atoms with E-state index in [9.17, 15) is 9.59 Å². The second-order valence-corrected chi connectivity index (χ2v) is 6.36. The van der Waals surface area contributed by atoms with Crippen LogP contribution in [0, 0.1) is 13.8 Å². The lowest BCUT2D eigenvalue weighted by Gasteiger charge is -2.33. The third-order valence-electron chi connectivity index (χ3n) is 4.49. The Bertz CT molecular complexity index is 587. The summed E-state index contributed by atoms with van der Waals surface area (Å²) in [6, 6.07) is 3.30. The van der Waals surface area contributed by atoms with Crippen LogP contribution >= 0.6 is 0 Å². The van der Waals surface area contributed by atoms with Crippen molar-refractivity contribution in [3.63, 3.8) is 0 Å². The molecule has 0 bridgehead atoms. The number of hydrogen-bond donors (Lipinski definition) is 2. The summed E-state index contributed by atoms with van der Waals surface area (Å²) in [7, 11) is 0. The lowest BCUT2D eigenvalue weighted by Crippen LogP contribution is -2.46. The van der Waals surface area contributed by atoms with Crippen molar-refractivity contribution >= 4 is 17.7 Å². The summed E-state index contributed by atoms with van der Waals surface area (Å²) in [4.78, 5) is 25.9. The van der Waals surface area contributed by atoms with Crippen LogP contribution in [-0.2, 0) is 4.79 Å². The van der Waals surface area contributed by atoms with Gasteiger partial charge in [0.2, 0.25) is 5.91 Å². The third-order valence-corrected chi connectivity index (χ3v) is 4.49. The second-order valence-electron chi connectivity index (χ2n) is 6.36. The van der Waals surface area contributed by atoms with E-state index < -0.39 is 6.09 Å². The number of nitrogens with zero attached hydrogens (tertiary/aromatic N) is 1. The van der Waals surface area contributed by atoms with Crippen LogP contribution in [0.1, 0.15) is 43.7 Å². The normalized spacial score (nSPS) is 16.5. The Morgan fingerprint density at radius 1 is 1.21 bits per heavy atom. The molecule has 24 heavy (non-hydrogen) atoms. The maximum absolute atomic E-state index is 12.8. The number of benzene rings is 1. The standard InChI is InChI=1S/C18H27N3O3/c1-4-15(21-8-6-5-7-9-21)17(22)20-16-12(2)10-14(11-13(16)3)24-18(19)23/h10-11,15H,4-9H2,1-3H3,(H2,19,23)(H,20,22). The van der Waals surface area contributed by atoms with Crippen molar-refractivity contribution < 1.29 is 14.3 Å². The van der Waals surface area contributed by atoms with Gasteiger partial charge in [-0.1, -0.05) is 13.3 Å². The zero-order valence-corrected chi connectivity index (χ0v) is 14.7. The van der Waals surface area contributed by atoms with Crippen LogP contribution in [-0.4, -0.2) is 36.0 Å². The monoisotopic (exact) mass is 333 g/mol. The number of likely N-dealkylation sites (tertiary alicyclic amines) is 1. The molecule has 0 spiro atoms. The minimum absolute atomic E-state index is 0.0224. The van der Waals surface area contributed by atoms with Crippen molar-refractivity contribution in [3.8, 4) is 5.75 Å². The fourth-order valence-electron chi connectivity index (χ4n) is 3.34. The fraction of sp³-hybridized carbons (Fsp3) is 0.556. The first-order valence-electron chi connectivity index (χ1n) is 8.55. The largest absolute Gasteiger partial charge is 0.410 e. The van der Waals surface area contributed by atoms with Crippen LogP contribution in [0.5, 0.6) is 5.75 Å². The lowest BCUT2D eigenvalue weighted by atomic mass is 10.0. The number of carbonyl (C=O) groups is 2. The van der Waals surface area contributed by atoms with Gasteiger partial charge in [-0.3, -0.25) is 9.69 Å². The first kappa shape index (κ1) is 18.3. The van der Waals surface area contributed by atoms with Gasteiger partial charge in [0, 0.05) is 5.69 Å². The minimum atomic E-state index is -0.846. The Kier molecular flexibility index (Phi) is 6.20. The topological polar surface area (TPSA) is 84.7 Å². The molecule has 132 valence electrons. The number of primary amides is 1. The number of hydrogen-bond acceptors (Lipinski definition) is 4. The van der Waals surface area contributed by atoms with Crippen LogP contribution in [0.4, 0.5) is 10.5 Å². The zero-order valence-electron chi connectivity index (χ0n) is 14.7. The molecular weight excluding hydrogens is 306 g/mol. The Morgan fingerprint density at radius 2 is 1.79 bits per heavy atom. The van der Waals surface area contributed by atoms with Crippen LogP contribution < -0.4 is 15.8 Å². The molecule has 1 heterocycles. The molecule has 1 aliphatic rings. The number of piperidine rings is 1. The Labute approximate surface area is 143 Å². The molecule has 0 saturated carbocycles. The van der Waals surface area contributed by atoms with Crippen molar-refractivity contribution in [2.75, 3.05) is 18.4 Å². The van der Waals surface area contributed by atoms with E-state index in [1.807, 2.05) is 20.8 Å². The van der Waals surface area contributed by atoms with Crippen molar-refractivity contribution in [2.45, 2.75) is 52.5 Å². The number of nitrogens with one attached hydrogen (secondary N) is 1. The fourth-order valence-corrected chi connectivity index (χ4v) is 3.34. The molecular formula is C18H27N3O3. The molecule has 6 nitrogen and oxygen atoms in total. The molecule has 1 fully saturated rings. The number of amides is 2. The molecule has 1 saturated heterocycles. The van der Waals surface area contributed by atoms with Gasteiger partial charge in [0.1, 0.15) is 5.75 Å². The van der Waals surface area contributed by atoms with Gasteiger partial charge in [0.15, 0.2) is 0 Å². The molecule has 0 radical (unpaired) electrons. The van der Waals surface area contributed by atoms with E-state index in [0.29, 0.717) is 5.75 Å². The van der Waals surface area contributed by atoms with Gasteiger partial charge in [0.05, 0.1) is 6.04 Å². The van der Waals surface area contributed by atoms with E-state index in [1.165, 1.54) is 6.42 Å². The Balaban J connectivity index is 2.13. The van der Waals surface area contributed by atoms with Crippen molar-refractivity contribution in [2.24, 2.45) is 5.73 Å². The Hall–Kier alpha value is -2.08. The predicted octanol–water partition coefficient (Wildman–Crippen LogP) is 2.96. The molecule has 0 aromatic heterocycles. The lowest BCUT2D eigenvalue weighted by molar-refractivity contribution is -0.121. The van der Waals surface area contributed by atoms with Crippen LogP contribution in [0.15, 0.2) is 12.1 Å². The molecule has 1 aromatic carbocycles. The number of anilines is 1. The van der Waals surface area contributed by atoms with Gasteiger partial charge < -0.3 is 15.8 Å². The van der Waals surface area contributed by atoms with Crippen LogP contribution in [0.25, 0.3) is 0 Å². The highest BCUT2D eigenvalue weighted by molar-refractivity contribution is 5.96. The van der Waals surface area contributed by atoms with Gasteiger partial charge in [0.25, 0.3) is 0 Å². The maximum atomic E-state index is 12.8. The predicted molar refractivity (Wildman–Crippen MR) is 94.3 cm³/mol. The summed E-state index contributed by atoms with van der Waals surface area (Å²) in [5.74, 6) is 0.410. The number of aryl methyl sites for hydroxylation is 2. The third kappa shape index (κ3) is 4.47. The summed E-state index contributed by atoms with van der Waals surface area (Å²) in [6.07, 6.45) is 3.49. The highest BCUT2D eigenvalue weighted by atomic mass is 16.5. The van der Waals surface area contributed by atoms with E-state index in [4.69, 9.17) is 10.5 Å². The quantitative estimate of drug-likeness (QED) is 0.867. The Morgan fingerprint density at radius 3 is 2.29 bits per heavy atom. The molecule has 1 aromatic rings. The number of carbonyl (C=O) groups excluding carboxylic acids is 2. The van der Waals surface area contributed by atoms with Gasteiger partial charge in [-0.2, -0.15) is 0 Å². The van der Waals surface area contributed by atoms with Crippen molar-refractivity contribution in [3.05, 3.63) is 23.3 Å². The van der Waals surface area contributed by atoms with Crippen LogP contribution in [0.3, 0.4) is 0 Å². The molecule has 2 rings (SSSR count). The summed E-state index contributed by atoms with van der Waals surface area (Å²) in [6.45, 7) is 7.75. The molecule has 2 amide bonds. The number of ether oxygens (including phenoxy) is 1. The molecule has 1 unspecified atom stereocenters. The smallest absolute Gasteiger partial charge is 0.409 e. The maximum Gasteiger partial charge on any atom is 0.409 e. The van der Waals surface area contributed by atoms with Crippen LogP contribution in [0.2, 0.25) is 0 Å². The number of nitrogens with two attached hydrogens (primary N) is 1. The SMILES string of the molecule is CCC(C(=O)Nc1c(C)cc(OC(N)=O)cc1C)N1CCCCC1. The van der Waals surface area contributed by atoms with Gasteiger partial charge >= 0.3 is 6.09 Å². The van der Waals surface area contributed by atoms with E-state index in [-0.39, 0.29) is 11.9 Å². The average molecular weight is 333 g/mol. The summed E-state index contributed by atoms with van der Waals surface area (Å²) in [5.41, 5.74) is 7.50. The molecule has 3 N–H and O–H groups in total.